The van der Waals surface area contributed by atoms with Gasteiger partial charge in [0.15, 0.2) is 6.61 Å². The lowest BCUT2D eigenvalue weighted by molar-refractivity contribution is -0.124. The molecule has 0 aromatic heterocycles. The quantitative estimate of drug-likeness (QED) is 0.610. The zero-order chi connectivity index (χ0) is 20.7. The maximum absolute atomic E-state index is 12.2. The maximum Gasteiger partial charge on any atom is 0.258 e. The van der Waals surface area contributed by atoms with Gasteiger partial charge < -0.3 is 15.4 Å². The Bertz CT molecular complexity index is 808. The molecule has 30 heavy (non-hydrogen) atoms. The van der Waals surface area contributed by atoms with E-state index < -0.39 is 0 Å². The highest BCUT2D eigenvalue weighted by Gasteiger charge is 2.17. The van der Waals surface area contributed by atoms with Crippen molar-refractivity contribution in [3.63, 3.8) is 0 Å². The molecule has 2 aromatic carbocycles. The summed E-state index contributed by atoms with van der Waals surface area (Å²) in [6.07, 6.45) is 9.19. The normalized spacial score (nSPS) is 15.7. The van der Waals surface area contributed by atoms with Gasteiger partial charge in [0.25, 0.3) is 5.91 Å². The standard InChI is InChI=1S/C25H36N2O2.ClH/c1-25(2,3)27-24(28)18-29-23-16-15-19-11-9-10-14-21(19)22(23)17-26-20-12-7-5-4-6-8-13-20;/h9-11,14-16,20,26H,4-8,12-13,17-18H2,1-3H3,(H,27,28);1H. The first kappa shape index (κ1) is 24.5. The van der Waals surface area contributed by atoms with Gasteiger partial charge in [-0.05, 0) is 50.5 Å². The smallest absolute Gasteiger partial charge is 0.258 e. The third-order valence-electron chi connectivity index (χ3n) is 5.54. The Morgan fingerprint density at radius 3 is 2.37 bits per heavy atom. The summed E-state index contributed by atoms with van der Waals surface area (Å²) in [6, 6.07) is 13.0. The van der Waals surface area contributed by atoms with Gasteiger partial charge in [0.05, 0.1) is 0 Å². The fraction of sp³-hybridized carbons (Fsp3) is 0.560. The van der Waals surface area contributed by atoms with Crippen molar-refractivity contribution in [1.82, 2.24) is 10.6 Å². The van der Waals surface area contributed by atoms with Crippen molar-refractivity contribution in [3.8, 4) is 5.75 Å². The van der Waals surface area contributed by atoms with E-state index in [1.807, 2.05) is 26.8 Å². The van der Waals surface area contributed by atoms with Crippen LogP contribution in [0.5, 0.6) is 5.75 Å². The predicted molar refractivity (Wildman–Crippen MR) is 128 cm³/mol. The van der Waals surface area contributed by atoms with Crippen LogP contribution in [0.15, 0.2) is 36.4 Å². The minimum Gasteiger partial charge on any atom is -0.483 e. The highest BCUT2D eigenvalue weighted by molar-refractivity contribution is 5.88. The van der Waals surface area contributed by atoms with Gasteiger partial charge in [0.1, 0.15) is 5.75 Å². The molecule has 0 aliphatic heterocycles. The Balaban J connectivity index is 0.00000320. The van der Waals surface area contributed by atoms with Gasteiger partial charge in [-0.15, -0.1) is 12.4 Å². The highest BCUT2D eigenvalue weighted by atomic mass is 35.5. The van der Waals surface area contributed by atoms with Crippen molar-refractivity contribution >= 4 is 29.1 Å². The fourth-order valence-corrected chi connectivity index (χ4v) is 4.14. The topological polar surface area (TPSA) is 50.4 Å². The summed E-state index contributed by atoms with van der Waals surface area (Å²) in [6.45, 7) is 6.73. The molecular formula is C25H37ClN2O2. The predicted octanol–water partition coefficient (Wildman–Crippen LogP) is 5.76. The van der Waals surface area contributed by atoms with E-state index in [9.17, 15) is 4.79 Å². The number of rotatable bonds is 6. The number of halogens is 1. The van der Waals surface area contributed by atoms with Gasteiger partial charge in [-0.1, -0.05) is 62.4 Å². The Kier molecular flexibility index (Phi) is 9.44. The Hall–Kier alpha value is -1.78. The van der Waals surface area contributed by atoms with E-state index in [-0.39, 0.29) is 30.5 Å². The largest absolute Gasteiger partial charge is 0.483 e. The van der Waals surface area contributed by atoms with Gasteiger partial charge in [-0.2, -0.15) is 0 Å². The molecule has 0 spiro atoms. The number of carbonyl (C=O) groups excluding carboxylic acids is 1. The number of benzene rings is 2. The lowest BCUT2D eigenvalue weighted by Crippen LogP contribution is -2.43. The van der Waals surface area contributed by atoms with E-state index in [0.717, 1.165) is 17.9 Å². The molecule has 1 aliphatic carbocycles. The van der Waals surface area contributed by atoms with E-state index in [1.54, 1.807) is 0 Å². The van der Waals surface area contributed by atoms with Gasteiger partial charge >= 0.3 is 0 Å². The zero-order valence-electron chi connectivity index (χ0n) is 18.6. The number of nitrogens with one attached hydrogen (secondary N) is 2. The lowest BCUT2D eigenvalue weighted by atomic mass is 9.96. The van der Waals surface area contributed by atoms with E-state index in [1.165, 1.54) is 55.7 Å². The Morgan fingerprint density at radius 1 is 1.00 bits per heavy atom. The first-order valence-electron chi connectivity index (χ1n) is 11.1. The van der Waals surface area contributed by atoms with Crippen LogP contribution in [0.1, 0.15) is 71.3 Å². The van der Waals surface area contributed by atoms with E-state index in [0.29, 0.717) is 6.04 Å². The van der Waals surface area contributed by atoms with Crippen LogP contribution in [-0.2, 0) is 11.3 Å². The Labute approximate surface area is 187 Å². The lowest BCUT2D eigenvalue weighted by Gasteiger charge is -2.23. The van der Waals surface area contributed by atoms with Gasteiger partial charge in [-0.25, -0.2) is 0 Å². The maximum atomic E-state index is 12.2. The molecule has 0 bridgehead atoms. The number of carbonyl (C=O) groups is 1. The molecule has 2 aromatic rings. The van der Waals surface area contributed by atoms with Crippen molar-refractivity contribution in [1.29, 1.82) is 0 Å². The molecule has 2 N–H and O–H groups in total. The first-order valence-corrected chi connectivity index (χ1v) is 11.1. The number of hydrogen-bond acceptors (Lipinski definition) is 3. The minimum absolute atomic E-state index is 0. The third kappa shape index (κ3) is 7.48. The second-order valence-corrected chi connectivity index (χ2v) is 9.27. The van der Waals surface area contributed by atoms with Crippen molar-refractivity contribution in [2.24, 2.45) is 0 Å². The molecule has 166 valence electrons. The number of fused-ring (bicyclic) bond motifs is 1. The molecule has 1 fully saturated rings. The fourth-order valence-electron chi connectivity index (χ4n) is 4.14. The minimum atomic E-state index is -0.258. The average molecular weight is 433 g/mol. The molecule has 1 aliphatic rings. The van der Waals surface area contributed by atoms with Crippen LogP contribution in [0.2, 0.25) is 0 Å². The number of amides is 1. The molecule has 0 saturated heterocycles. The van der Waals surface area contributed by atoms with Crippen molar-refractivity contribution in [3.05, 3.63) is 42.0 Å². The summed E-state index contributed by atoms with van der Waals surface area (Å²) in [4.78, 5) is 12.2. The van der Waals surface area contributed by atoms with Crippen LogP contribution in [0.25, 0.3) is 10.8 Å². The Morgan fingerprint density at radius 2 is 1.67 bits per heavy atom. The zero-order valence-corrected chi connectivity index (χ0v) is 19.4. The molecule has 1 saturated carbocycles. The summed E-state index contributed by atoms with van der Waals surface area (Å²) >= 11 is 0. The van der Waals surface area contributed by atoms with Crippen LogP contribution in [-0.4, -0.2) is 24.1 Å². The third-order valence-corrected chi connectivity index (χ3v) is 5.54. The molecule has 0 unspecified atom stereocenters. The number of hydrogen-bond donors (Lipinski definition) is 2. The van der Waals surface area contributed by atoms with Crippen LogP contribution < -0.4 is 15.4 Å². The van der Waals surface area contributed by atoms with E-state index in [4.69, 9.17) is 4.74 Å². The average Bonchev–Trinajstić information content (AvgIpc) is 2.64. The summed E-state index contributed by atoms with van der Waals surface area (Å²) < 4.78 is 5.99. The number of ether oxygens (including phenoxy) is 1. The summed E-state index contributed by atoms with van der Waals surface area (Å²) in [5.74, 6) is 0.704. The van der Waals surface area contributed by atoms with E-state index in [2.05, 4.69) is 41.0 Å². The summed E-state index contributed by atoms with van der Waals surface area (Å²) in [7, 11) is 0. The molecule has 4 nitrogen and oxygen atoms in total. The molecule has 0 radical (unpaired) electrons. The van der Waals surface area contributed by atoms with Crippen LogP contribution in [0.3, 0.4) is 0 Å². The molecule has 0 heterocycles. The van der Waals surface area contributed by atoms with Crippen molar-refractivity contribution in [2.75, 3.05) is 6.61 Å². The molecule has 1 amide bonds. The van der Waals surface area contributed by atoms with Crippen LogP contribution >= 0.6 is 12.4 Å². The van der Waals surface area contributed by atoms with Gasteiger partial charge in [0, 0.05) is 23.7 Å². The molecule has 5 heteroatoms. The molecule has 0 atom stereocenters. The van der Waals surface area contributed by atoms with Crippen LogP contribution in [0.4, 0.5) is 0 Å². The highest BCUT2D eigenvalue weighted by Crippen LogP contribution is 2.29. The van der Waals surface area contributed by atoms with Gasteiger partial charge in [0.2, 0.25) is 0 Å². The SMILES string of the molecule is CC(C)(C)NC(=O)COc1ccc2ccccc2c1CNC1CCCCCCC1.Cl. The second kappa shape index (κ2) is 11.6. The van der Waals surface area contributed by atoms with Crippen LogP contribution in [0, 0.1) is 0 Å². The first-order chi connectivity index (χ1) is 13.9. The van der Waals surface area contributed by atoms with Crippen molar-refractivity contribution in [2.45, 2.75) is 83.8 Å². The summed E-state index contributed by atoms with van der Waals surface area (Å²) in [5.41, 5.74) is 0.889. The molecule has 3 rings (SSSR count). The van der Waals surface area contributed by atoms with Crippen molar-refractivity contribution < 1.29 is 9.53 Å². The second-order valence-electron chi connectivity index (χ2n) is 9.27. The van der Waals surface area contributed by atoms with Gasteiger partial charge in [-0.3, -0.25) is 4.79 Å². The molecular weight excluding hydrogens is 396 g/mol. The van der Waals surface area contributed by atoms with E-state index >= 15 is 0 Å². The monoisotopic (exact) mass is 432 g/mol. The summed E-state index contributed by atoms with van der Waals surface area (Å²) in [5, 5.41) is 9.14.